The fourth-order valence-corrected chi connectivity index (χ4v) is 5.50. The van der Waals surface area contributed by atoms with Crippen molar-refractivity contribution in [2.75, 3.05) is 32.7 Å². The molecule has 0 bridgehead atoms. The van der Waals surface area contributed by atoms with Gasteiger partial charge in [-0.1, -0.05) is 25.3 Å². The van der Waals surface area contributed by atoms with E-state index in [0.29, 0.717) is 50.1 Å². The molecule has 3 heterocycles. The van der Waals surface area contributed by atoms with Gasteiger partial charge in [-0.2, -0.15) is 0 Å². The molecule has 1 aliphatic carbocycles. The van der Waals surface area contributed by atoms with Gasteiger partial charge in [0, 0.05) is 51.7 Å². The van der Waals surface area contributed by atoms with Crippen LogP contribution >= 0.6 is 11.3 Å². The molecule has 2 aliphatic rings. The lowest BCUT2D eigenvalue weighted by atomic mass is 9.89. The highest BCUT2D eigenvalue weighted by molar-refractivity contribution is 7.12. The van der Waals surface area contributed by atoms with E-state index in [2.05, 4.69) is 5.32 Å². The third-order valence-corrected chi connectivity index (χ3v) is 7.53. The average Bonchev–Trinajstić information content (AvgIpc) is 3.40. The van der Waals surface area contributed by atoms with Crippen LogP contribution in [0, 0.1) is 5.92 Å². The van der Waals surface area contributed by atoms with Gasteiger partial charge in [-0.25, -0.2) is 0 Å². The number of amides is 3. The first-order chi connectivity index (χ1) is 16.5. The Balaban J connectivity index is 1.53. The summed E-state index contributed by atoms with van der Waals surface area (Å²) in [5.74, 6) is -0.383. The summed E-state index contributed by atoms with van der Waals surface area (Å²) in [6.45, 7) is 4.41. The Morgan fingerprint density at radius 1 is 0.971 bits per heavy atom. The van der Waals surface area contributed by atoms with Gasteiger partial charge in [-0.15, -0.1) is 11.3 Å². The van der Waals surface area contributed by atoms with Crippen LogP contribution in [0.4, 0.5) is 0 Å². The summed E-state index contributed by atoms with van der Waals surface area (Å²) in [5.41, 5.74) is -0.499. The number of hydrogen-bond donors (Lipinski definition) is 1. The van der Waals surface area contributed by atoms with Crippen LogP contribution in [0.2, 0.25) is 0 Å². The number of pyridine rings is 1. The maximum atomic E-state index is 13.4. The number of rotatable bonds is 6. The molecule has 182 valence electrons. The smallest absolute Gasteiger partial charge is 0.264 e. The molecule has 2 aromatic rings. The van der Waals surface area contributed by atoms with Crippen LogP contribution < -0.4 is 10.7 Å². The number of hydrogen-bond acceptors (Lipinski definition) is 5. The Morgan fingerprint density at radius 3 is 2.24 bits per heavy atom. The predicted molar refractivity (Wildman–Crippen MR) is 131 cm³/mol. The van der Waals surface area contributed by atoms with Crippen molar-refractivity contribution in [1.29, 1.82) is 0 Å². The van der Waals surface area contributed by atoms with E-state index in [-0.39, 0.29) is 22.9 Å². The van der Waals surface area contributed by atoms with Crippen molar-refractivity contribution in [2.45, 2.75) is 45.6 Å². The highest BCUT2D eigenvalue weighted by Crippen LogP contribution is 2.25. The molecule has 2 fully saturated rings. The Kier molecular flexibility index (Phi) is 7.82. The van der Waals surface area contributed by atoms with Gasteiger partial charge in [-0.05, 0) is 37.1 Å². The quantitative estimate of drug-likeness (QED) is 0.683. The van der Waals surface area contributed by atoms with Crippen molar-refractivity contribution < 1.29 is 14.4 Å². The largest absolute Gasteiger partial charge is 0.352 e. The van der Waals surface area contributed by atoms with E-state index < -0.39 is 11.3 Å². The number of piperazine rings is 1. The molecule has 0 atom stereocenters. The molecule has 3 amide bonds. The van der Waals surface area contributed by atoms with Crippen molar-refractivity contribution in [1.82, 2.24) is 19.7 Å². The third-order valence-electron chi connectivity index (χ3n) is 6.67. The SMILES string of the molecule is CCNC(=O)c1cn(CC2CCCCC2)cc(C(=O)N2CCN(C(=O)c3cccs3)CC2)c1=O. The van der Waals surface area contributed by atoms with Gasteiger partial charge in [-0.3, -0.25) is 19.2 Å². The molecule has 1 N–H and O–H groups in total. The van der Waals surface area contributed by atoms with E-state index in [9.17, 15) is 19.2 Å². The summed E-state index contributed by atoms with van der Waals surface area (Å²) in [4.78, 5) is 55.8. The molecule has 0 unspecified atom stereocenters. The summed E-state index contributed by atoms with van der Waals surface area (Å²) < 4.78 is 1.85. The van der Waals surface area contributed by atoms with Crippen molar-refractivity contribution in [3.05, 3.63) is 56.1 Å². The van der Waals surface area contributed by atoms with Crippen LogP contribution in [-0.2, 0) is 6.54 Å². The number of aromatic nitrogens is 1. The maximum absolute atomic E-state index is 13.4. The van der Waals surface area contributed by atoms with E-state index in [1.807, 2.05) is 16.0 Å². The fraction of sp³-hybridized carbons (Fsp3) is 0.520. The molecule has 0 radical (unpaired) electrons. The molecule has 0 spiro atoms. The topological polar surface area (TPSA) is 91.7 Å². The molecule has 0 aromatic carbocycles. The number of nitrogens with zero attached hydrogens (tertiary/aromatic N) is 3. The van der Waals surface area contributed by atoms with Crippen LogP contribution in [0.25, 0.3) is 0 Å². The number of nitrogens with one attached hydrogen (secondary N) is 1. The van der Waals surface area contributed by atoms with Crippen molar-refractivity contribution >= 4 is 29.1 Å². The summed E-state index contributed by atoms with van der Waals surface area (Å²) in [7, 11) is 0. The van der Waals surface area contributed by atoms with Crippen LogP contribution in [0.15, 0.2) is 34.7 Å². The molecule has 34 heavy (non-hydrogen) atoms. The highest BCUT2D eigenvalue weighted by atomic mass is 32.1. The first-order valence-electron chi connectivity index (χ1n) is 12.1. The van der Waals surface area contributed by atoms with E-state index in [4.69, 9.17) is 0 Å². The molecular weight excluding hydrogens is 452 g/mol. The molecule has 9 heteroatoms. The molecule has 2 aromatic heterocycles. The Bertz CT molecular complexity index is 1080. The molecule has 1 saturated heterocycles. The minimum Gasteiger partial charge on any atom is -0.352 e. The molecule has 8 nitrogen and oxygen atoms in total. The summed E-state index contributed by atoms with van der Waals surface area (Å²) in [6.07, 6.45) is 9.07. The number of carbonyl (C=O) groups is 3. The van der Waals surface area contributed by atoms with Crippen LogP contribution in [-0.4, -0.2) is 64.8 Å². The molecular formula is C25H32N4O4S. The van der Waals surface area contributed by atoms with Gasteiger partial charge in [0.05, 0.1) is 4.88 Å². The van der Waals surface area contributed by atoms with Crippen molar-refractivity contribution in [3.63, 3.8) is 0 Å². The van der Waals surface area contributed by atoms with E-state index in [1.165, 1.54) is 30.6 Å². The maximum Gasteiger partial charge on any atom is 0.264 e. The second-order valence-electron chi connectivity index (χ2n) is 9.04. The zero-order chi connectivity index (χ0) is 24.1. The normalized spacial score (nSPS) is 17.0. The van der Waals surface area contributed by atoms with Crippen LogP contribution in [0.1, 0.15) is 69.4 Å². The second-order valence-corrected chi connectivity index (χ2v) is 9.98. The summed E-state index contributed by atoms with van der Waals surface area (Å²) >= 11 is 1.40. The lowest BCUT2D eigenvalue weighted by Crippen LogP contribution is -2.51. The average molecular weight is 485 g/mol. The third kappa shape index (κ3) is 5.41. The zero-order valence-electron chi connectivity index (χ0n) is 19.6. The van der Waals surface area contributed by atoms with Crippen molar-refractivity contribution in [2.24, 2.45) is 5.92 Å². The van der Waals surface area contributed by atoms with Gasteiger partial charge in [0.15, 0.2) is 0 Å². The molecule has 1 aliphatic heterocycles. The van der Waals surface area contributed by atoms with Crippen LogP contribution in [0.5, 0.6) is 0 Å². The monoisotopic (exact) mass is 484 g/mol. The first kappa shape index (κ1) is 24.2. The van der Waals surface area contributed by atoms with Gasteiger partial charge in [0.1, 0.15) is 11.1 Å². The first-order valence-corrected chi connectivity index (χ1v) is 13.0. The Labute approximate surface area is 203 Å². The van der Waals surface area contributed by atoms with Crippen molar-refractivity contribution in [3.8, 4) is 0 Å². The van der Waals surface area contributed by atoms with E-state index in [0.717, 1.165) is 12.8 Å². The highest BCUT2D eigenvalue weighted by Gasteiger charge is 2.29. The van der Waals surface area contributed by atoms with Gasteiger partial charge in [0.25, 0.3) is 17.7 Å². The minimum absolute atomic E-state index is 0.00928. The molecule has 4 rings (SSSR count). The zero-order valence-corrected chi connectivity index (χ0v) is 20.4. The summed E-state index contributed by atoms with van der Waals surface area (Å²) in [5, 5.41) is 4.56. The van der Waals surface area contributed by atoms with Gasteiger partial charge in [0.2, 0.25) is 5.43 Å². The lowest BCUT2D eigenvalue weighted by molar-refractivity contribution is 0.0536. The number of thiophene rings is 1. The summed E-state index contributed by atoms with van der Waals surface area (Å²) in [6, 6.07) is 3.64. The molecule has 1 saturated carbocycles. The van der Waals surface area contributed by atoms with E-state index >= 15 is 0 Å². The lowest BCUT2D eigenvalue weighted by Gasteiger charge is -2.34. The number of carbonyl (C=O) groups excluding carboxylic acids is 3. The fourth-order valence-electron chi connectivity index (χ4n) is 4.81. The van der Waals surface area contributed by atoms with E-state index in [1.54, 1.807) is 35.2 Å². The van der Waals surface area contributed by atoms with Gasteiger partial charge < -0.3 is 19.7 Å². The Hall–Kier alpha value is -2.94. The van der Waals surface area contributed by atoms with Crippen LogP contribution in [0.3, 0.4) is 0 Å². The minimum atomic E-state index is -0.534. The second kappa shape index (κ2) is 11.0. The van der Waals surface area contributed by atoms with Gasteiger partial charge >= 0.3 is 0 Å². The standard InChI is InChI=1S/C25H32N4O4S/c1-2-26-23(31)19-16-27(15-18-7-4-3-5-8-18)17-20(22(19)30)24(32)28-10-12-29(13-11-28)25(33)21-9-6-14-34-21/h6,9,14,16-18H,2-5,7-8,10-13,15H2,1H3,(H,26,31). The predicted octanol–water partition coefficient (Wildman–Crippen LogP) is 2.84. The Morgan fingerprint density at radius 2 is 1.62 bits per heavy atom.